The van der Waals surface area contributed by atoms with E-state index in [1.165, 1.54) is 83.5 Å². The molecule has 73 heavy (non-hydrogen) atoms. The minimum absolute atomic E-state index is 0.104. The fraction of sp³-hybridized carbons (Fsp3) is 0.926. The third kappa shape index (κ3) is 49.4. The molecule has 0 rings (SSSR count). The molecule has 0 heterocycles. The molecule has 0 fully saturated rings. The number of phosphoric acid groups is 2. The molecule has 0 bridgehead atoms. The first-order valence-electron chi connectivity index (χ1n) is 28.8. The maximum absolute atomic E-state index is 12.9. The molecule has 0 aromatic heterocycles. The number of phosphoric ester groups is 2. The van der Waals surface area contributed by atoms with Crippen molar-refractivity contribution < 1.29 is 80.2 Å². The predicted molar refractivity (Wildman–Crippen MR) is 285 cm³/mol. The summed E-state index contributed by atoms with van der Waals surface area (Å²) in [5.74, 6) is -2.16. The van der Waals surface area contributed by atoms with Gasteiger partial charge in [-0.05, 0) is 25.7 Å². The summed E-state index contributed by atoms with van der Waals surface area (Å²) < 4.78 is 67.3. The van der Waals surface area contributed by atoms with E-state index in [1.807, 2.05) is 0 Å². The molecule has 2 unspecified atom stereocenters. The molecule has 0 radical (unpaired) electrons. The lowest BCUT2D eigenvalue weighted by atomic mass is 10.1. The first kappa shape index (κ1) is 71.1. The quantitative estimate of drug-likeness (QED) is 0.0222. The average Bonchev–Trinajstić information content (AvgIpc) is 3.36. The monoisotopic (exact) mass is 1090 g/mol. The van der Waals surface area contributed by atoms with Gasteiger partial charge in [-0.3, -0.25) is 37.3 Å². The van der Waals surface area contributed by atoms with Crippen molar-refractivity contribution in [2.45, 2.75) is 284 Å². The number of ether oxygens (including phenoxy) is 4. The van der Waals surface area contributed by atoms with Crippen LogP contribution >= 0.6 is 15.6 Å². The number of carbonyl (C=O) groups is 4. The van der Waals surface area contributed by atoms with Crippen LogP contribution in [0.15, 0.2) is 0 Å². The molecule has 17 nitrogen and oxygen atoms in total. The van der Waals surface area contributed by atoms with Gasteiger partial charge in [-0.25, -0.2) is 9.13 Å². The summed E-state index contributed by atoms with van der Waals surface area (Å²) in [7, 11) is -9.85. The molecule has 3 N–H and O–H groups in total. The second kappa shape index (κ2) is 49.6. The van der Waals surface area contributed by atoms with E-state index < -0.39 is 97.5 Å². The standard InChI is InChI=1S/C54H104O17P2/c1-5-9-13-17-20-23-25-28-31-35-39-52(57)65-45-50(71-54(59)41-37-33-29-26-24-21-18-14-10-6-2)47-69-73(62,63)67-43-48(55)42-66-72(60,61)68-46-49(44-64-51(56)38-34-30-16-12-8-4)70-53(58)40-36-32-27-22-19-15-11-7-3/h48-50,55H,5-47H2,1-4H3,(H,60,61)(H,62,63)/t48-,49+,50+/m0/s1. The lowest BCUT2D eigenvalue weighted by molar-refractivity contribution is -0.161. The van der Waals surface area contributed by atoms with Crippen molar-refractivity contribution in [2.24, 2.45) is 0 Å². The van der Waals surface area contributed by atoms with Gasteiger partial charge in [-0.2, -0.15) is 0 Å². The van der Waals surface area contributed by atoms with E-state index >= 15 is 0 Å². The average molecular weight is 1090 g/mol. The Kier molecular flexibility index (Phi) is 48.3. The topological polar surface area (TPSA) is 237 Å². The van der Waals surface area contributed by atoms with E-state index in [1.54, 1.807) is 0 Å². The summed E-state index contributed by atoms with van der Waals surface area (Å²) in [6, 6.07) is 0. The van der Waals surface area contributed by atoms with Gasteiger partial charge in [0.25, 0.3) is 0 Å². The highest BCUT2D eigenvalue weighted by atomic mass is 31.2. The summed E-state index contributed by atoms with van der Waals surface area (Å²) >= 11 is 0. The summed E-state index contributed by atoms with van der Waals surface area (Å²) in [5, 5.41) is 10.4. The molecule has 5 atom stereocenters. The normalized spacial score (nSPS) is 14.5. The fourth-order valence-electron chi connectivity index (χ4n) is 7.87. The van der Waals surface area contributed by atoms with Crippen LogP contribution in [0.2, 0.25) is 0 Å². The van der Waals surface area contributed by atoms with Crippen LogP contribution in [0.5, 0.6) is 0 Å². The number of carbonyl (C=O) groups excluding carboxylic acids is 4. The summed E-state index contributed by atoms with van der Waals surface area (Å²) in [4.78, 5) is 71.3. The van der Waals surface area contributed by atoms with Gasteiger partial charge in [-0.1, -0.05) is 214 Å². The summed E-state index contributed by atoms with van der Waals surface area (Å²) in [6.45, 7) is 4.68. The molecular weight excluding hydrogens is 983 g/mol. The molecule has 19 heteroatoms. The molecule has 0 aliphatic rings. The van der Waals surface area contributed by atoms with E-state index in [0.717, 1.165) is 103 Å². The number of unbranched alkanes of at least 4 members (excludes halogenated alkanes) is 29. The van der Waals surface area contributed by atoms with Crippen molar-refractivity contribution in [1.29, 1.82) is 0 Å². The van der Waals surface area contributed by atoms with Crippen molar-refractivity contribution >= 4 is 39.5 Å². The molecule has 0 aliphatic carbocycles. The van der Waals surface area contributed by atoms with Crippen LogP contribution in [0.3, 0.4) is 0 Å². The number of esters is 4. The third-order valence-corrected chi connectivity index (χ3v) is 14.3. The van der Waals surface area contributed by atoms with Crippen molar-refractivity contribution in [2.75, 3.05) is 39.6 Å². The van der Waals surface area contributed by atoms with Gasteiger partial charge in [0.2, 0.25) is 0 Å². The van der Waals surface area contributed by atoms with Crippen molar-refractivity contribution in [3.8, 4) is 0 Å². The SMILES string of the molecule is CCCCCCCCCCCCC(=O)OC[C@H](COP(=O)(O)OC[C@@H](O)COP(=O)(O)OC[C@@H](COC(=O)CCCCCCC)OC(=O)CCCCCCCCCC)OC(=O)CCCCCCCCCCCC. The molecule has 0 saturated carbocycles. The first-order chi connectivity index (χ1) is 35.2. The summed E-state index contributed by atoms with van der Waals surface area (Å²) in [5.41, 5.74) is 0. The Hall–Kier alpha value is -1.94. The highest BCUT2D eigenvalue weighted by molar-refractivity contribution is 7.47. The molecule has 0 amide bonds. The van der Waals surface area contributed by atoms with Gasteiger partial charge in [0, 0.05) is 25.7 Å². The molecule has 0 spiro atoms. The highest BCUT2D eigenvalue weighted by Crippen LogP contribution is 2.45. The lowest BCUT2D eigenvalue weighted by Gasteiger charge is -2.21. The molecule has 0 aromatic carbocycles. The number of hydrogen-bond donors (Lipinski definition) is 3. The van der Waals surface area contributed by atoms with Gasteiger partial charge in [0.15, 0.2) is 12.2 Å². The van der Waals surface area contributed by atoms with Gasteiger partial charge in [0.05, 0.1) is 26.4 Å². The van der Waals surface area contributed by atoms with Crippen LogP contribution < -0.4 is 0 Å². The largest absolute Gasteiger partial charge is 0.472 e. The Balaban J connectivity index is 5.17. The summed E-state index contributed by atoms with van der Waals surface area (Å²) in [6.07, 6.45) is 31.1. The Labute approximate surface area is 441 Å². The molecule has 0 saturated heterocycles. The van der Waals surface area contributed by atoms with E-state index in [2.05, 4.69) is 27.7 Å². The predicted octanol–water partition coefficient (Wildman–Crippen LogP) is 14.0. The number of aliphatic hydroxyl groups excluding tert-OH is 1. The zero-order chi connectivity index (χ0) is 54.1. The lowest BCUT2D eigenvalue weighted by Crippen LogP contribution is -2.30. The Morgan fingerprint density at radius 3 is 0.808 bits per heavy atom. The molecule has 0 aromatic rings. The van der Waals surface area contributed by atoms with Crippen LogP contribution in [0.25, 0.3) is 0 Å². The zero-order valence-corrected chi connectivity index (χ0v) is 47.9. The maximum Gasteiger partial charge on any atom is 0.472 e. The van der Waals surface area contributed by atoms with Crippen LogP contribution in [0, 0.1) is 0 Å². The van der Waals surface area contributed by atoms with Gasteiger partial charge in [-0.15, -0.1) is 0 Å². The highest BCUT2D eigenvalue weighted by Gasteiger charge is 2.30. The minimum Gasteiger partial charge on any atom is -0.462 e. The van der Waals surface area contributed by atoms with Crippen LogP contribution in [0.1, 0.15) is 265 Å². The van der Waals surface area contributed by atoms with Crippen LogP contribution in [-0.4, -0.2) is 96.7 Å². The second-order valence-electron chi connectivity index (χ2n) is 19.6. The maximum atomic E-state index is 12.9. The van der Waals surface area contributed by atoms with E-state index in [0.29, 0.717) is 25.7 Å². The van der Waals surface area contributed by atoms with Gasteiger partial charge < -0.3 is 33.8 Å². The van der Waals surface area contributed by atoms with Crippen LogP contribution in [0.4, 0.5) is 0 Å². The van der Waals surface area contributed by atoms with E-state index in [9.17, 15) is 43.2 Å². The van der Waals surface area contributed by atoms with Crippen LogP contribution in [-0.2, 0) is 65.4 Å². The Bertz CT molecular complexity index is 1440. The van der Waals surface area contributed by atoms with E-state index in [-0.39, 0.29) is 25.7 Å². The number of hydrogen-bond acceptors (Lipinski definition) is 15. The van der Waals surface area contributed by atoms with Crippen molar-refractivity contribution in [1.82, 2.24) is 0 Å². The zero-order valence-electron chi connectivity index (χ0n) is 46.1. The molecular formula is C54H104O17P2. The number of rotatable bonds is 55. The van der Waals surface area contributed by atoms with E-state index in [4.69, 9.17) is 37.0 Å². The Morgan fingerprint density at radius 1 is 0.329 bits per heavy atom. The fourth-order valence-corrected chi connectivity index (χ4v) is 9.44. The number of aliphatic hydroxyl groups is 1. The molecule has 0 aliphatic heterocycles. The first-order valence-corrected chi connectivity index (χ1v) is 31.8. The third-order valence-electron chi connectivity index (χ3n) is 12.4. The van der Waals surface area contributed by atoms with Gasteiger partial charge >= 0.3 is 39.5 Å². The smallest absolute Gasteiger partial charge is 0.462 e. The Morgan fingerprint density at radius 2 is 0.548 bits per heavy atom. The van der Waals surface area contributed by atoms with Gasteiger partial charge in [0.1, 0.15) is 19.3 Å². The molecule has 432 valence electrons. The van der Waals surface area contributed by atoms with Crippen molar-refractivity contribution in [3.05, 3.63) is 0 Å². The van der Waals surface area contributed by atoms with Crippen molar-refractivity contribution in [3.63, 3.8) is 0 Å². The second-order valence-corrected chi connectivity index (χ2v) is 22.5. The minimum atomic E-state index is -4.93.